The van der Waals surface area contributed by atoms with Crippen LogP contribution in [0.1, 0.15) is 52.4 Å². The minimum Gasteiger partial charge on any atom is -0.329 e. The molecule has 3 heteroatoms. The average Bonchev–Trinajstić information content (AvgIpc) is 3.25. The van der Waals surface area contributed by atoms with Gasteiger partial charge in [0.25, 0.3) is 0 Å². The van der Waals surface area contributed by atoms with E-state index in [0.29, 0.717) is 5.54 Å². The van der Waals surface area contributed by atoms with Crippen LogP contribution in [0.3, 0.4) is 0 Å². The predicted octanol–water partition coefficient (Wildman–Crippen LogP) is 1.81. The lowest BCUT2D eigenvalue weighted by Gasteiger charge is -2.41. The lowest BCUT2D eigenvalue weighted by Crippen LogP contribution is -2.57. The Balaban J connectivity index is 1.76. The fourth-order valence-electron chi connectivity index (χ4n) is 4.03. The Labute approximate surface area is 112 Å². The maximum Gasteiger partial charge on any atom is 0.0476 e. The maximum absolute atomic E-state index is 6.24. The van der Waals surface area contributed by atoms with Crippen LogP contribution in [0, 0.1) is 0 Å². The smallest absolute Gasteiger partial charge is 0.0476 e. The van der Waals surface area contributed by atoms with Crippen molar-refractivity contribution < 1.29 is 0 Å². The summed E-state index contributed by atoms with van der Waals surface area (Å²) >= 11 is 0. The van der Waals surface area contributed by atoms with E-state index in [0.717, 1.165) is 24.7 Å². The first-order valence-electron chi connectivity index (χ1n) is 7.93. The highest BCUT2D eigenvalue weighted by molar-refractivity contribution is 5.09. The van der Waals surface area contributed by atoms with E-state index in [-0.39, 0.29) is 0 Å². The average molecular weight is 251 g/mol. The molecule has 2 N–H and O–H groups in total. The van der Waals surface area contributed by atoms with Crippen LogP contribution in [-0.2, 0) is 0 Å². The van der Waals surface area contributed by atoms with Crippen LogP contribution in [0.2, 0.25) is 0 Å². The Hall–Kier alpha value is -0.120. The summed E-state index contributed by atoms with van der Waals surface area (Å²) in [7, 11) is 0. The van der Waals surface area contributed by atoms with Gasteiger partial charge in [0.15, 0.2) is 0 Å². The molecule has 0 spiro atoms. The molecular weight excluding hydrogens is 222 g/mol. The molecule has 0 aromatic heterocycles. The molecule has 1 saturated heterocycles. The van der Waals surface area contributed by atoms with Crippen LogP contribution in [0.15, 0.2) is 0 Å². The third-order valence-corrected chi connectivity index (χ3v) is 5.18. The summed E-state index contributed by atoms with van der Waals surface area (Å²) in [6.07, 6.45) is 8.19. The molecule has 3 fully saturated rings. The lowest BCUT2D eigenvalue weighted by molar-refractivity contribution is 0.0885. The van der Waals surface area contributed by atoms with E-state index in [1.54, 1.807) is 0 Å². The van der Waals surface area contributed by atoms with Crippen molar-refractivity contribution >= 4 is 0 Å². The minimum atomic E-state index is 0.291. The molecule has 104 valence electrons. The number of hydrogen-bond acceptors (Lipinski definition) is 3. The second-order valence-electron chi connectivity index (χ2n) is 6.81. The van der Waals surface area contributed by atoms with Crippen molar-refractivity contribution in [2.75, 3.05) is 19.6 Å². The molecular formula is C15H29N3. The highest BCUT2D eigenvalue weighted by atomic mass is 15.4. The third-order valence-electron chi connectivity index (χ3n) is 5.18. The van der Waals surface area contributed by atoms with E-state index in [2.05, 4.69) is 23.6 Å². The van der Waals surface area contributed by atoms with Gasteiger partial charge in [0.2, 0.25) is 0 Å². The Bertz CT molecular complexity index is 298. The second kappa shape index (κ2) is 4.77. The molecule has 2 saturated carbocycles. The Morgan fingerprint density at radius 1 is 1.28 bits per heavy atom. The van der Waals surface area contributed by atoms with Crippen molar-refractivity contribution in [3.63, 3.8) is 0 Å². The van der Waals surface area contributed by atoms with Crippen molar-refractivity contribution in [3.8, 4) is 0 Å². The van der Waals surface area contributed by atoms with Crippen molar-refractivity contribution in [3.05, 3.63) is 0 Å². The Morgan fingerprint density at radius 3 is 2.50 bits per heavy atom. The number of nitrogens with two attached hydrogens (primary N) is 1. The predicted molar refractivity (Wildman–Crippen MR) is 75.6 cm³/mol. The van der Waals surface area contributed by atoms with Crippen LogP contribution in [-0.4, -0.2) is 53.1 Å². The first-order valence-corrected chi connectivity index (χ1v) is 7.93. The first kappa shape index (κ1) is 12.9. The molecule has 3 rings (SSSR count). The van der Waals surface area contributed by atoms with Crippen molar-refractivity contribution in [2.45, 2.75) is 76.0 Å². The zero-order valence-corrected chi connectivity index (χ0v) is 12.1. The molecule has 2 unspecified atom stereocenters. The van der Waals surface area contributed by atoms with Crippen molar-refractivity contribution in [2.24, 2.45) is 5.73 Å². The highest BCUT2D eigenvalue weighted by Crippen LogP contribution is 2.43. The second-order valence-corrected chi connectivity index (χ2v) is 6.81. The first-order chi connectivity index (χ1) is 8.70. The fourth-order valence-corrected chi connectivity index (χ4v) is 4.03. The monoisotopic (exact) mass is 251 g/mol. The normalized spacial score (nSPS) is 37.7. The SMILES string of the molecule is CCCN(C1CC1)C1(CN)CC(C)N(C2CC2)C1. The van der Waals surface area contributed by atoms with Gasteiger partial charge in [-0.2, -0.15) is 0 Å². The van der Waals surface area contributed by atoms with Crippen LogP contribution in [0.4, 0.5) is 0 Å². The zero-order valence-electron chi connectivity index (χ0n) is 12.1. The summed E-state index contributed by atoms with van der Waals surface area (Å²) in [5.41, 5.74) is 6.53. The molecule has 1 heterocycles. The molecule has 3 nitrogen and oxygen atoms in total. The molecule has 0 aromatic rings. The number of rotatable bonds is 6. The van der Waals surface area contributed by atoms with Gasteiger partial charge in [-0.05, 0) is 52.0 Å². The number of hydrogen-bond donors (Lipinski definition) is 1. The summed E-state index contributed by atoms with van der Waals surface area (Å²) in [5, 5.41) is 0. The van der Waals surface area contributed by atoms with Gasteiger partial charge < -0.3 is 5.73 Å². The van der Waals surface area contributed by atoms with Gasteiger partial charge in [-0.1, -0.05) is 6.92 Å². The lowest BCUT2D eigenvalue weighted by atomic mass is 9.93. The highest BCUT2D eigenvalue weighted by Gasteiger charge is 2.51. The molecule has 3 aliphatic rings. The third kappa shape index (κ3) is 2.21. The molecule has 0 radical (unpaired) electrons. The van der Waals surface area contributed by atoms with Gasteiger partial charge in [-0.3, -0.25) is 9.80 Å². The standard InChI is InChI=1S/C15H29N3/c1-3-8-18(14-6-7-14)15(10-16)9-12(2)17(11-15)13-4-5-13/h12-14H,3-11,16H2,1-2H3. The van der Waals surface area contributed by atoms with Gasteiger partial charge in [-0.25, -0.2) is 0 Å². The van der Waals surface area contributed by atoms with Crippen molar-refractivity contribution in [1.82, 2.24) is 9.80 Å². The Morgan fingerprint density at radius 2 is 2.00 bits per heavy atom. The molecule has 2 aliphatic carbocycles. The van der Waals surface area contributed by atoms with Gasteiger partial charge in [0.05, 0.1) is 0 Å². The van der Waals surface area contributed by atoms with Crippen LogP contribution < -0.4 is 5.73 Å². The Kier molecular flexibility index (Phi) is 3.41. The van der Waals surface area contributed by atoms with E-state index >= 15 is 0 Å². The molecule has 1 aliphatic heterocycles. The molecule has 0 aromatic carbocycles. The van der Waals surface area contributed by atoms with Gasteiger partial charge in [-0.15, -0.1) is 0 Å². The van der Waals surface area contributed by atoms with Crippen LogP contribution in [0.5, 0.6) is 0 Å². The summed E-state index contributed by atoms with van der Waals surface area (Å²) < 4.78 is 0. The molecule has 2 atom stereocenters. The molecule has 0 amide bonds. The summed E-state index contributed by atoms with van der Waals surface area (Å²) in [5.74, 6) is 0. The summed E-state index contributed by atoms with van der Waals surface area (Å²) in [6, 6.07) is 2.47. The zero-order chi connectivity index (χ0) is 12.8. The van der Waals surface area contributed by atoms with E-state index in [4.69, 9.17) is 5.73 Å². The largest absolute Gasteiger partial charge is 0.329 e. The topological polar surface area (TPSA) is 32.5 Å². The van der Waals surface area contributed by atoms with Crippen molar-refractivity contribution in [1.29, 1.82) is 0 Å². The molecule has 0 bridgehead atoms. The van der Waals surface area contributed by atoms with Gasteiger partial charge >= 0.3 is 0 Å². The van der Waals surface area contributed by atoms with Crippen LogP contribution in [0.25, 0.3) is 0 Å². The summed E-state index contributed by atoms with van der Waals surface area (Å²) in [6.45, 7) is 8.03. The maximum atomic E-state index is 6.24. The van der Waals surface area contributed by atoms with E-state index in [1.807, 2.05) is 0 Å². The quantitative estimate of drug-likeness (QED) is 0.781. The van der Waals surface area contributed by atoms with E-state index in [1.165, 1.54) is 51.6 Å². The van der Waals surface area contributed by atoms with Gasteiger partial charge in [0.1, 0.15) is 0 Å². The minimum absolute atomic E-state index is 0.291. The number of nitrogens with zero attached hydrogens (tertiary/aromatic N) is 2. The fraction of sp³-hybridized carbons (Fsp3) is 1.00. The number of likely N-dealkylation sites (tertiary alicyclic amines) is 1. The van der Waals surface area contributed by atoms with E-state index in [9.17, 15) is 0 Å². The van der Waals surface area contributed by atoms with Crippen LogP contribution >= 0.6 is 0 Å². The van der Waals surface area contributed by atoms with E-state index < -0.39 is 0 Å². The van der Waals surface area contributed by atoms with Gasteiger partial charge in [0, 0.05) is 36.8 Å². The summed E-state index contributed by atoms with van der Waals surface area (Å²) in [4.78, 5) is 5.53. The molecule has 18 heavy (non-hydrogen) atoms.